The maximum Gasteiger partial charge on any atom is 0.178 e. The molecular formula is C18H22N2OS2. The third kappa shape index (κ3) is 6.12. The van der Waals surface area contributed by atoms with Crippen molar-refractivity contribution in [3.8, 4) is 0 Å². The maximum atomic E-state index is 5.69. The summed E-state index contributed by atoms with van der Waals surface area (Å²) in [6.45, 7) is 5.60. The first-order chi connectivity index (χ1) is 11.2. The highest BCUT2D eigenvalue weighted by Gasteiger charge is 1.99. The molecule has 23 heavy (non-hydrogen) atoms. The molecule has 0 spiro atoms. The molecule has 0 atom stereocenters. The van der Waals surface area contributed by atoms with Crippen LogP contribution in [0.4, 0.5) is 0 Å². The highest BCUT2D eigenvalue weighted by Crippen LogP contribution is 2.13. The zero-order chi connectivity index (χ0) is 16.5. The molecule has 122 valence electrons. The Hall–Kier alpha value is -1.72. The summed E-state index contributed by atoms with van der Waals surface area (Å²) in [5.41, 5.74) is 1.04. The predicted octanol–water partition coefficient (Wildman–Crippen LogP) is 5.52. The van der Waals surface area contributed by atoms with Gasteiger partial charge in [-0.2, -0.15) is 0 Å². The van der Waals surface area contributed by atoms with E-state index in [1.807, 2.05) is 47.2 Å². The smallest absolute Gasteiger partial charge is 0.178 e. The van der Waals surface area contributed by atoms with Crippen molar-refractivity contribution in [1.82, 2.24) is 9.55 Å². The number of rotatable bonds is 9. The number of aryl methyl sites for hydroxylation is 1. The van der Waals surface area contributed by atoms with Crippen LogP contribution in [-0.2, 0) is 11.3 Å². The van der Waals surface area contributed by atoms with E-state index in [1.54, 1.807) is 0 Å². The van der Waals surface area contributed by atoms with Crippen molar-refractivity contribution in [2.75, 3.05) is 6.61 Å². The molecule has 0 bridgehead atoms. The number of nitrogens with zero attached hydrogens (tertiary/aromatic N) is 1. The van der Waals surface area contributed by atoms with Crippen LogP contribution in [0.5, 0.6) is 0 Å². The SMILES string of the molecule is C=C(OCCCCCCn1ccc(=S)[nH]c1=S)c1ccccc1. The van der Waals surface area contributed by atoms with Crippen LogP contribution in [0.2, 0.25) is 0 Å². The molecule has 1 N–H and O–H groups in total. The first-order valence-electron chi connectivity index (χ1n) is 7.84. The van der Waals surface area contributed by atoms with E-state index in [0.29, 0.717) is 16.0 Å². The molecule has 3 nitrogen and oxygen atoms in total. The summed E-state index contributed by atoms with van der Waals surface area (Å²) in [4.78, 5) is 2.99. The molecule has 2 aromatic rings. The second-order valence-electron chi connectivity index (χ2n) is 5.36. The monoisotopic (exact) mass is 346 g/mol. The molecule has 1 heterocycles. The average Bonchev–Trinajstić information content (AvgIpc) is 2.56. The second kappa shape index (κ2) is 9.43. The molecule has 0 radical (unpaired) electrons. The summed E-state index contributed by atoms with van der Waals surface area (Å²) >= 11 is 10.3. The normalized spacial score (nSPS) is 10.4. The van der Waals surface area contributed by atoms with Gasteiger partial charge in [0, 0.05) is 18.3 Å². The Morgan fingerprint density at radius 3 is 2.52 bits per heavy atom. The summed E-state index contributed by atoms with van der Waals surface area (Å²) in [7, 11) is 0. The number of aromatic amines is 1. The molecule has 0 aliphatic carbocycles. The van der Waals surface area contributed by atoms with Gasteiger partial charge in [-0.05, 0) is 31.1 Å². The minimum Gasteiger partial charge on any atom is -0.494 e. The third-order valence-electron chi connectivity index (χ3n) is 3.56. The third-order valence-corrected chi connectivity index (χ3v) is 4.14. The standard InChI is InChI=1S/C18H22N2OS2/c1-15(16-9-5-4-6-10-16)21-14-8-3-2-7-12-20-13-11-17(22)19-18(20)23/h4-6,9-11,13H,1-3,7-8,12,14H2,(H,19,22,23). The minimum absolute atomic E-state index is 0.682. The van der Waals surface area contributed by atoms with Crippen LogP contribution < -0.4 is 0 Å². The van der Waals surface area contributed by atoms with Gasteiger partial charge in [-0.25, -0.2) is 0 Å². The topological polar surface area (TPSA) is 29.9 Å². The van der Waals surface area contributed by atoms with Crippen LogP contribution in [0.15, 0.2) is 49.2 Å². The molecule has 0 saturated heterocycles. The minimum atomic E-state index is 0.682. The number of benzene rings is 1. The lowest BCUT2D eigenvalue weighted by atomic mass is 10.2. The maximum absolute atomic E-state index is 5.69. The summed E-state index contributed by atoms with van der Waals surface area (Å²) in [5, 5.41) is 0. The molecule has 2 rings (SSSR count). The van der Waals surface area contributed by atoms with E-state index >= 15 is 0 Å². The highest BCUT2D eigenvalue weighted by molar-refractivity contribution is 7.72. The van der Waals surface area contributed by atoms with Gasteiger partial charge in [0.05, 0.1) is 6.61 Å². The number of aromatic nitrogens is 2. The molecular weight excluding hydrogens is 324 g/mol. The van der Waals surface area contributed by atoms with Gasteiger partial charge in [0.2, 0.25) is 0 Å². The molecule has 0 aliphatic heterocycles. The van der Waals surface area contributed by atoms with E-state index in [-0.39, 0.29) is 0 Å². The van der Waals surface area contributed by atoms with Gasteiger partial charge in [-0.1, -0.05) is 62.0 Å². The molecule has 1 aromatic carbocycles. The fourth-order valence-corrected chi connectivity index (χ4v) is 2.75. The van der Waals surface area contributed by atoms with Crippen molar-refractivity contribution in [2.24, 2.45) is 0 Å². The van der Waals surface area contributed by atoms with Crippen molar-refractivity contribution < 1.29 is 4.74 Å². The molecule has 0 amide bonds. The Bertz CT molecular complexity index is 734. The number of hydrogen-bond acceptors (Lipinski definition) is 3. The summed E-state index contributed by atoms with van der Waals surface area (Å²) in [6, 6.07) is 11.9. The lowest BCUT2D eigenvalue weighted by Crippen LogP contribution is -2.02. The van der Waals surface area contributed by atoms with Crippen LogP contribution in [0.3, 0.4) is 0 Å². The largest absolute Gasteiger partial charge is 0.494 e. The van der Waals surface area contributed by atoms with Gasteiger partial charge in [0.25, 0.3) is 0 Å². The average molecular weight is 347 g/mol. The Morgan fingerprint density at radius 1 is 1.04 bits per heavy atom. The zero-order valence-electron chi connectivity index (χ0n) is 13.2. The first kappa shape index (κ1) is 17.6. The van der Waals surface area contributed by atoms with Gasteiger partial charge >= 0.3 is 0 Å². The molecule has 0 saturated carbocycles. The van der Waals surface area contributed by atoms with Crippen molar-refractivity contribution in [2.45, 2.75) is 32.2 Å². The summed E-state index contributed by atoms with van der Waals surface area (Å²) in [5.74, 6) is 0.747. The van der Waals surface area contributed by atoms with Gasteiger partial charge in [-0.15, -0.1) is 0 Å². The van der Waals surface area contributed by atoms with E-state index in [4.69, 9.17) is 29.2 Å². The second-order valence-corrected chi connectivity index (χ2v) is 6.18. The molecule has 0 unspecified atom stereocenters. The lowest BCUT2D eigenvalue weighted by molar-refractivity contribution is 0.267. The summed E-state index contributed by atoms with van der Waals surface area (Å²) < 4.78 is 9.10. The summed E-state index contributed by atoms with van der Waals surface area (Å²) in [6.07, 6.45) is 6.37. The molecule has 5 heteroatoms. The van der Waals surface area contributed by atoms with Crippen LogP contribution in [0.1, 0.15) is 31.2 Å². The van der Waals surface area contributed by atoms with Crippen LogP contribution in [0, 0.1) is 9.41 Å². The van der Waals surface area contributed by atoms with Crippen LogP contribution in [-0.4, -0.2) is 16.2 Å². The predicted molar refractivity (Wildman–Crippen MR) is 100 cm³/mol. The first-order valence-corrected chi connectivity index (χ1v) is 8.65. The molecule has 0 aliphatic rings. The highest BCUT2D eigenvalue weighted by atomic mass is 32.1. The lowest BCUT2D eigenvalue weighted by Gasteiger charge is -2.09. The Kier molecular flexibility index (Phi) is 7.23. The molecule has 1 aromatic heterocycles. The van der Waals surface area contributed by atoms with Crippen molar-refractivity contribution in [3.05, 3.63) is 64.1 Å². The van der Waals surface area contributed by atoms with Crippen LogP contribution >= 0.6 is 24.4 Å². The Balaban J connectivity index is 1.58. The Labute approximate surface area is 147 Å². The fourth-order valence-electron chi connectivity index (χ4n) is 2.26. The van der Waals surface area contributed by atoms with Crippen molar-refractivity contribution in [3.63, 3.8) is 0 Å². The fraction of sp³-hybridized carbons (Fsp3) is 0.333. The number of ether oxygens (including phenoxy) is 1. The van der Waals surface area contributed by atoms with E-state index in [0.717, 1.165) is 43.6 Å². The number of unbranched alkanes of at least 4 members (excludes halogenated alkanes) is 3. The molecule has 0 fully saturated rings. The van der Waals surface area contributed by atoms with Gasteiger partial charge in [0.15, 0.2) is 4.77 Å². The van der Waals surface area contributed by atoms with Gasteiger partial charge in [0.1, 0.15) is 10.4 Å². The van der Waals surface area contributed by atoms with E-state index in [9.17, 15) is 0 Å². The van der Waals surface area contributed by atoms with Crippen molar-refractivity contribution >= 4 is 30.2 Å². The number of hydrogen-bond donors (Lipinski definition) is 1. The number of H-pyrrole nitrogens is 1. The quantitative estimate of drug-likeness (QED) is 0.368. The van der Waals surface area contributed by atoms with Crippen LogP contribution in [0.25, 0.3) is 5.76 Å². The van der Waals surface area contributed by atoms with Gasteiger partial charge in [-0.3, -0.25) is 0 Å². The van der Waals surface area contributed by atoms with E-state index < -0.39 is 0 Å². The van der Waals surface area contributed by atoms with Crippen molar-refractivity contribution in [1.29, 1.82) is 0 Å². The Morgan fingerprint density at radius 2 is 1.78 bits per heavy atom. The number of nitrogens with one attached hydrogen (secondary N) is 1. The zero-order valence-corrected chi connectivity index (χ0v) is 14.8. The van der Waals surface area contributed by atoms with E-state index in [1.165, 1.54) is 0 Å². The van der Waals surface area contributed by atoms with E-state index in [2.05, 4.69) is 11.6 Å². The van der Waals surface area contributed by atoms with Gasteiger partial charge < -0.3 is 14.3 Å².